The predicted octanol–water partition coefficient (Wildman–Crippen LogP) is 0.570. The summed E-state index contributed by atoms with van der Waals surface area (Å²) in [6, 6.07) is 8.46. The van der Waals surface area contributed by atoms with E-state index in [0.717, 1.165) is 31.5 Å². The summed E-state index contributed by atoms with van der Waals surface area (Å²) in [5.41, 5.74) is 2.34. The number of nitrogens with zero attached hydrogens (tertiary/aromatic N) is 2. The van der Waals surface area contributed by atoms with E-state index >= 15 is 0 Å². The number of fused-ring (bicyclic) bond motifs is 4. The monoisotopic (exact) mass is 258 g/mol. The van der Waals surface area contributed by atoms with Gasteiger partial charge in [0.15, 0.2) is 0 Å². The average molecular weight is 258 g/mol. The smallest absolute Gasteiger partial charge is 0.121 e. The van der Waals surface area contributed by atoms with Crippen molar-refractivity contribution in [3.05, 3.63) is 30.0 Å². The molecule has 1 aromatic carbocycles. The Labute approximate surface area is 113 Å². The summed E-state index contributed by atoms with van der Waals surface area (Å²) < 4.78 is 8.46. The first kappa shape index (κ1) is 11.4. The normalized spacial score (nSPS) is 30.7. The second-order valence-electron chi connectivity index (χ2n) is 5.89. The minimum absolute atomic E-state index is 0.0894. The van der Waals surface area contributed by atoms with Gasteiger partial charge in [0.2, 0.25) is 0 Å². The van der Waals surface area contributed by atoms with Crippen LogP contribution in [0.25, 0.3) is 10.9 Å². The van der Waals surface area contributed by atoms with Crippen molar-refractivity contribution in [3.63, 3.8) is 0 Å². The van der Waals surface area contributed by atoms with Crippen LogP contribution >= 0.6 is 0 Å². The zero-order chi connectivity index (χ0) is 12.9. The molecule has 4 rings (SSSR count). The van der Waals surface area contributed by atoms with Gasteiger partial charge in [0.05, 0.1) is 44.5 Å². The van der Waals surface area contributed by atoms with Gasteiger partial charge in [-0.1, -0.05) is 18.2 Å². The Balaban J connectivity index is 1.89. The Morgan fingerprint density at radius 2 is 2.05 bits per heavy atom. The largest absolute Gasteiger partial charge is 0.366 e. The van der Waals surface area contributed by atoms with Gasteiger partial charge in [-0.25, -0.2) is 0 Å². The van der Waals surface area contributed by atoms with Gasteiger partial charge >= 0.3 is 0 Å². The molecular weight excluding hydrogens is 238 g/mol. The molecule has 0 atom stereocenters. The maximum atomic E-state index is 6.27. The van der Waals surface area contributed by atoms with E-state index in [-0.39, 0.29) is 5.60 Å². The van der Waals surface area contributed by atoms with Gasteiger partial charge in [0.25, 0.3) is 0 Å². The highest BCUT2D eigenvalue weighted by atomic mass is 16.5. The number of nitrogens with one attached hydrogen (secondary N) is 1. The van der Waals surface area contributed by atoms with Crippen LogP contribution in [0.3, 0.4) is 0 Å². The number of hydrogen-bond donors (Lipinski definition) is 1. The Kier molecular flexibility index (Phi) is 2.44. The molecule has 0 saturated carbocycles. The maximum Gasteiger partial charge on any atom is 0.121 e. The third-order valence-electron chi connectivity index (χ3n) is 4.67. The van der Waals surface area contributed by atoms with E-state index in [0.29, 0.717) is 0 Å². The van der Waals surface area contributed by atoms with Crippen molar-refractivity contribution in [2.24, 2.45) is 0 Å². The standard InChI is InChI=1S/C15H19N3O/c1-17-8-6-15(7-9-17)14-12-4-2-3-5-13(12)16-18(14)10-11-19-15/h2-5H,6-11H2,1H3/p+1. The van der Waals surface area contributed by atoms with Crippen LogP contribution in [0, 0.1) is 0 Å². The molecule has 19 heavy (non-hydrogen) atoms. The summed E-state index contributed by atoms with van der Waals surface area (Å²) in [5, 5.41) is 6.03. The van der Waals surface area contributed by atoms with Crippen molar-refractivity contribution in [3.8, 4) is 0 Å². The molecule has 100 valence electrons. The molecule has 0 radical (unpaired) electrons. The molecule has 4 nitrogen and oxygen atoms in total. The third-order valence-corrected chi connectivity index (χ3v) is 4.67. The number of hydrogen-bond acceptors (Lipinski definition) is 2. The molecule has 0 amide bonds. The van der Waals surface area contributed by atoms with E-state index < -0.39 is 0 Å². The molecule has 0 bridgehead atoms. The summed E-state index contributed by atoms with van der Waals surface area (Å²) in [6.07, 6.45) is 2.21. The fraction of sp³-hybridized carbons (Fsp3) is 0.533. The lowest BCUT2D eigenvalue weighted by atomic mass is 9.85. The summed E-state index contributed by atoms with van der Waals surface area (Å²) in [7, 11) is 2.27. The quantitative estimate of drug-likeness (QED) is 0.749. The minimum atomic E-state index is -0.0894. The van der Waals surface area contributed by atoms with Crippen LogP contribution in [0.1, 0.15) is 18.5 Å². The van der Waals surface area contributed by atoms with Crippen LogP contribution in [0.5, 0.6) is 0 Å². The van der Waals surface area contributed by atoms with Crippen LogP contribution < -0.4 is 4.90 Å². The molecule has 1 aromatic heterocycles. The molecule has 1 N–H and O–H groups in total. The lowest BCUT2D eigenvalue weighted by Gasteiger charge is -2.41. The molecule has 0 unspecified atom stereocenters. The van der Waals surface area contributed by atoms with E-state index in [2.05, 4.69) is 36.0 Å². The van der Waals surface area contributed by atoms with Crippen molar-refractivity contribution < 1.29 is 9.64 Å². The predicted molar refractivity (Wildman–Crippen MR) is 73.2 cm³/mol. The van der Waals surface area contributed by atoms with Crippen molar-refractivity contribution in [1.82, 2.24) is 9.78 Å². The van der Waals surface area contributed by atoms with Crippen molar-refractivity contribution in [2.45, 2.75) is 25.0 Å². The van der Waals surface area contributed by atoms with E-state index in [4.69, 9.17) is 9.84 Å². The lowest BCUT2D eigenvalue weighted by molar-refractivity contribution is -0.888. The summed E-state index contributed by atoms with van der Waals surface area (Å²) in [6.45, 7) is 4.04. The first-order valence-electron chi connectivity index (χ1n) is 7.20. The highest BCUT2D eigenvalue weighted by molar-refractivity contribution is 5.82. The molecule has 4 heteroatoms. The van der Waals surface area contributed by atoms with Crippen molar-refractivity contribution >= 4 is 10.9 Å². The molecule has 2 aliphatic rings. The second kappa shape index (κ2) is 4.05. The molecular formula is C15H20N3O+. The first-order chi connectivity index (χ1) is 9.28. The molecule has 3 heterocycles. The maximum absolute atomic E-state index is 6.27. The number of likely N-dealkylation sites (tertiary alicyclic amines) is 1. The molecule has 1 fully saturated rings. The highest BCUT2D eigenvalue weighted by Gasteiger charge is 2.44. The first-order valence-corrected chi connectivity index (χ1v) is 7.20. The number of piperidine rings is 1. The van der Waals surface area contributed by atoms with Gasteiger partial charge in [0.1, 0.15) is 5.60 Å². The van der Waals surface area contributed by atoms with Crippen LogP contribution in [0.2, 0.25) is 0 Å². The topological polar surface area (TPSA) is 31.5 Å². The zero-order valence-electron chi connectivity index (χ0n) is 11.4. The summed E-state index contributed by atoms with van der Waals surface area (Å²) >= 11 is 0. The zero-order valence-corrected chi connectivity index (χ0v) is 11.4. The molecule has 1 saturated heterocycles. The average Bonchev–Trinajstić information content (AvgIpc) is 2.82. The van der Waals surface area contributed by atoms with E-state index in [9.17, 15) is 0 Å². The molecule has 2 aliphatic heterocycles. The van der Waals surface area contributed by atoms with Gasteiger partial charge in [0, 0.05) is 18.2 Å². The highest BCUT2D eigenvalue weighted by Crippen LogP contribution is 2.40. The number of rotatable bonds is 0. The second-order valence-corrected chi connectivity index (χ2v) is 5.89. The van der Waals surface area contributed by atoms with Crippen LogP contribution in [-0.4, -0.2) is 36.5 Å². The Morgan fingerprint density at radius 3 is 2.89 bits per heavy atom. The number of ether oxygens (including phenoxy) is 1. The lowest BCUT2D eigenvalue weighted by Crippen LogP contribution is -3.10. The van der Waals surface area contributed by atoms with Gasteiger partial charge in [-0.05, 0) is 6.07 Å². The van der Waals surface area contributed by atoms with E-state index in [1.54, 1.807) is 4.90 Å². The Morgan fingerprint density at radius 1 is 1.26 bits per heavy atom. The molecule has 1 spiro atoms. The SMILES string of the molecule is C[NH+]1CCC2(CC1)OCCn1nc3ccccc3c12. The molecule has 2 aromatic rings. The summed E-state index contributed by atoms with van der Waals surface area (Å²) in [5.74, 6) is 0. The summed E-state index contributed by atoms with van der Waals surface area (Å²) in [4.78, 5) is 1.61. The third kappa shape index (κ3) is 1.63. The van der Waals surface area contributed by atoms with Gasteiger partial charge < -0.3 is 9.64 Å². The number of quaternary nitrogens is 1. The fourth-order valence-corrected chi connectivity index (χ4v) is 3.58. The van der Waals surface area contributed by atoms with Crippen molar-refractivity contribution in [2.75, 3.05) is 26.7 Å². The van der Waals surface area contributed by atoms with Crippen molar-refractivity contribution in [1.29, 1.82) is 0 Å². The number of aromatic nitrogens is 2. The van der Waals surface area contributed by atoms with Gasteiger partial charge in [-0.2, -0.15) is 5.10 Å². The Hall–Kier alpha value is -1.39. The van der Waals surface area contributed by atoms with Crippen LogP contribution in [0.4, 0.5) is 0 Å². The van der Waals surface area contributed by atoms with Gasteiger partial charge in [-0.3, -0.25) is 4.68 Å². The van der Waals surface area contributed by atoms with Gasteiger partial charge in [-0.15, -0.1) is 0 Å². The van der Waals surface area contributed by atoms with Crippen LogP contribution in [-0.2, 0) is 16.9 Å². The minimum Gasteiger partial charge on any atom is -0.366 e. The van der Waals surface area contributed by atoms with Crippen LogP contribution in [0.15, 0.2) is 24.3 Å². The Bertz CT molecular complexity index is 611. The molecule has 0 aliphatic carbocycles. The van der Waals surface area contributed by atoms with E-state index in [1.807, 2.05) is 0 Å². The van der Waals surface area contributed by atoms with E-state index in [1.165, 1.54) is 24.2 Å². The number of benzene rings is 1. The fourth-order valence-electron chi connectivity index (χ4n) is 3.58.